The second-order valence-corrected chi connectivity index (χ2v) is 4.15. The normalized spacial score (nSPS) is 13.7. The highest BCUT2D eigenvalue weighted by Crippen LogP contribution is 2.21. The number of aliphatic hydroxyl groups excluding tert-OH is 1. The molecular weight excluding hydrogens is 261 g/mol. The Balaban J connectivity index is 2.53. The summed E-state index contributed by atoms with van der Waals surface area (Å²) in [5.41, 5.74) is -0.172. The maximum atomic E-state index is 12.3. The first kappa shape index (κ1) is 13.5. The van der Waals surface area contributed by atoms with Crippen molar-refractivity contribution >= 4 is 10.9 Å². The smallest absolute Gasteiger partial charge is 0.382 e. The lowest BCUT2D eigenvalue weighted by Crippen LogP contribution is -2.37. The molecule has 0 fully saturated rings. The molecule has 0 bridgehead atoms. The molecule has 1 aromatic carbocycles. The predicted octanol–water partition coefficient (Wildman–Crippen LogP) is 1.63. The van der Waals surface area contributed by atoms with E-state index in [0.29, 0.717) is 5.52 Å². The van der Waals surface area contributed by atoms with Crippen LogP contribution < -0.4 is 5.56 Å². The van der Waals surface area contributed by atoms with Crippen molar-refractivity contribution in [3.05, 3.63) is 40.4 Å². The molecule has 0 aliphatic carbocycles. The molecule has 19 heavy (non-hydrogen) atoms. The molecule has 0 spiro atoms. The average Bonchev–Trinajstić information content (AvgIpc) is 2.33. The summed E-state index contributed by atoms with van der Waals surface area (Å²) in [6, 6.07) is 6.38. The molecule has 1 heterocycles. The van der Waals surface area contributed by atoms with Crippen LogP contribution in [0.1, 0.15) is 5.82 Å². The van der Waals surface area contributed by atoms with Crippen LogP contribution in [0.5, 0.6) is 0 Å². The molecule has 4 nitrogen and oxygen atoms in total. The molecule has 102 valence electrons. The predicted molar refractivity (Wildman–Crippen MR) is 62.8 cm³/mol. The van der Waals surface area contributed by atoms with Gasteiger partial charge >= 0.3 is 6.18 Å². The maximum absolute atomic E-state index is 12.3. The monoisotopic (exact) mass is 272 g/mol. The fraction of sp³-hybridized carbons (Fsp3) is 0.333. The lowest BCUT2D eigenvalue weighted by molar-refractivity contribution is -0.207. The molecular formula is C12H11F3N2O2. The SMILES string of the molecule is Cc1nc2ccccc2c(=O)n1CC(O)C(F)(F)F. The number of benzene rings is 1. The van der Waals surface area contributed by atoms with Gasteiger partial charge in [0.25, 0.3) is 5.56 Å². The van der Waals surface area contributed by atoms with Gasteiger partial charge in [-0.25, -0.2) is 4.98 Å². The van der Waals surface area contributed by atoms with Gasteiger partial charge in [-0.2, -0.15) is 13.2 Å². The number of para-hydroxylation sites is 1. The van der Waals surface area contributed by atoms with Crippen LogP contribution in [0.25, 0.3) is 10.9 Å². The third-order valence-corrected chi connectivity index (χ3v) is 2.79. The van der Waals surface area contributed by atoms with Gasteiger partial charge in [0.15, 0.2) is 6.10 Å². The molecule has 2 aromatic rings. The number of halogens is 3. The van der Waals surface area contributed by atoms with Crippen molar-refractivity contribution in [2.24, 2.45) is 0 Å². The highest BCUT2D eigenvalue weighted by atomic mass is 19.4. The number of aromatic nitrogens is 2. The average molecular weight is 272 g/mol. The molecule has 0 radical (unpaired) electrons. The van der Waals surface area contributed by atoms with Crippen molar-refractivity contribution in [1.82, 2.24) is 9.55 Å². The molecule has 7 heteroatoms. The van der Waals surface area contributed by atoms with Crippen LogP contribution in [-0.2, 0) is 6.54 Å². The Morgan fingerprint density at radius 2 is 2.00 bits per heavy atom. The second-order valence-electron chi connectivity index (χ2n) is 4.15. The number of aliphatic hydroxyl groups is 1. The van der Waals surface area contributed by atoms with E-state index in [1.807, 2.05) is 0 Å². The summed E-state index contributed by atoms with van der Waals surface area (Å²) in [7, 11) is 0. The Hall–Kier alpha value is -1.89. The minimum atomic E-state index is -4.77. The number of aryl methyl sites for hydroxylation is 1. The second kappa shape index (κ2) is 4.65. The van der Waals surface area contributed by atoms with Crippen LogP contribution in [0.2, 0.25) is 0 Å². The molecule has 1 N–H and O–H groups in total. The van der Waals surface area contributed by atoms with E-state index in [-0.39, 0.29) is 11.2 Å². The van der Waals surface area contributed by atoms with Crippen molar-refractivity contribution < 1.29 is 18.3 Å². The first-order valence-corrected chi connectivity index (χ1v) is 5.51. The standard InChI is InChI=1S/C12H11F3N2O2/c1-7-16-9-5-3-2-4-8(9)11(19)17(7)6-10(18)12(13,14)15/h2-5,10,18H,6H2,1H3. The number of hydrogen-bond donors (Lipinski definition) is 1. The maximum Gasteiger partial charge on any atom is 0.416 e. The van der Waals surface area contributed by atoms with Gasteiger partial charge in [0, 0.05) is 0 Å². The zero-order valence-electron chi connectivity index (χ0n) is 9.98. The van der Waals surface area contributed by atoms with Crippen LogP contribution in [-0.4, -0.2) is 26.9 Å². The van der Waals surface area contributed by atoms with Crippen LogP contribution in [0.15, 0.2) is 29.1 Å². The number of nitrogens with zero attached hydrogens (tertiary/aromatic N) is 2. The summed E-state index contributed by atoms with van der Waals surface area (Å²) in [6.45, 7) is 0.572. The van der Waals surface area contributed by atoms with E-state index in [1.54, 1.807) is 18.2 Å². The first-order chi connectivity index (χ1) is 8.80. The van der Waals surface area contributed by atoms with E-state index < -0.39 is 24.4 Å². The Morgan fingerprint density at radius 3 is 2.63 bits per heavy atom. The summed E-state index contributed by atoms with van der Waals surface area (Å²) in [4.78, 5) is 16.1. The van der Waals surface area contributed by atoms with Crippen molar-refractivity contribution in [3.8, 4) is 0 Å². The first-order valence-electron chi connectivity index (χ1n) is 5.51. The van der Waals surface area contributed by atoms with Crippen molar-refractivity contribution in [3.63, 3.8) is 0 Å². The Bertz CT molecular complexity index is 664. The Kier molecular flexibility index (Phi) is 3.32. The van der Waals surface area contributed by atoms with Gasteiger partial charge in [0.2, 0.25) is 0 Å². The van der Waals surface area contributed by atoms with Gasteiger partial charge < -0.3 is 5.11 Å². The summed E-state index contributed by atoms with van der Waals surface area (Å²) in [6.07, 6.45) is -7.36. The minimum Gasteiger partial charge on any atom is -0.382 e. The van der Waals surface area contributed by atoms with E-state index in [2.05, 4.69) is 4.98 Å². The van der Waals surface area contributed by atoms with Crippen LogP contribution in [0.4, 0.5) is 13.2 Å². The topological polar surface area (TPSA) is 55.1 Å². The van der Waals surface area contributed by atoms with Crippen LogP contribution in [0.3, 0.4) is 0 Å². The van der Waals surface area contributed by atoms with E-state index in [4.69, 9.17) is 5.11 Å². The summed E-state index contributed by atoms with van der Waals surface area (Å²) < 4.78 is 37.8. The van der Waals surface area contributed by atoms with Gasteiger partial charge in [0.1, 0.15) is 5.82 Å². The number of fused-ring (bicyclic) bond motifs is 1. The van der Waals surface area contributed by atoms with Crippen molar-refractivity contribution in [2.45, 2.75) is 25.7 Å². The third-order valence-electron chi connectivity index (χ3n) is 2.79. The van der Waals surface area contributed by atoms with Gasteiger partial charge in [0.05, 0.1) is 17.4 Å². The van der Waals surface area contributed by atoms with Gasteiger partial charge in [-0.15, -0.1) is 0 Å². The molecule has 1 atom stereocenters. The summed E-state index contributed by atoms with van der Waals surface area (Å²) >= 11 is 0. The number of alkyl halides is 3. The van der Waals surface area contributed by atoms with Crippen molar-refractivity contribution in [2.75, 3.05) is 0 Å². The largest absolute Gasteiger partial charge is 0.416 e. The van der Waals surface area contributed by atoms with E-state index in [9.17, 15) is 18.0 Å². The van der Waals surface area contributed by atoms with Gasteiger partial charge in [-0.05, 0) is 19.1 Å². The summed E-state index contributed by atoms with van der Waals surface area (Å²) in [5.74, 6) is 0.131. The number of hydrogen-bond acceptors (Lipinski definition) is 3. The lowest BCUT2D eigenvalue weighted by atomic mass is 10.2. The Morgan fingerprint density at radius 1 is 1.37 bits per heavy atom. The zero-order chi connectivity index (χ0) is 14.2. The quantitative estimate of drug-likeness (QED) is 0.904. The Labute approximate surface area is 106 Å². The molecule has 0 saturated heterocycles. The van der Waals surface area contributed by atoms with Gasteiger partial charge in [-0.1, -0.05) is 12.1 Å². The molecule has 1 unspecified atom stereocenters. The molecule has 2 rings (SSSR count). The molecule has 0 aliphatic rings. The third kappa shape index (κ3) is 2.60. The van der Waals surface area contributed by atoms with Crippen molar-refractivity contribution in [1.29, 1.82) is 0 Å². The zero-order valence-corrected chi connectivity index (χ0v) is 9.98. The molecule has 0 saturated carbocycles. The van der Waals surface area contributed by atoms with Crippen LogP contribution in [0, 0.1) is 6.92 Å². The minimum absolute atomic E-state index is 0.131. The summed E-state index contributed by atoms with van der Waals surface area (Å²) in [5, 5.41) is 9.27. The molecule has 0 amide bonds. The molecule has 1 aromatic heterocycles. The highest BCUT2D eigenvalue weighted by Gasteiger charge is 2.38. The van der Waals surface area contributed by atoms with E-state index in [1.165, 1.54) is 13.0 Å². The molecule has 0 aliphatic heterocycles. The highest BCUT2D eigenvalue weighted by molar-refractivity contribution is 5.77. The fourth-order valence-electron chi connectivity index (χ4n) is 1.77. The van der Waals surface area contributed by atoms with Crippen LogP contribution >= 0.6 is 0 Å². The van der Waals surface area contributed by atoms with Gasteiger partial charge in [-0.3, -0.25) is 9.36 Å². The number of rotatable bonds is 2. The van der Waals surface area contributed by atoms with E-state index in [0.717, 1.165) is 4.57 Å². The van der Waals surface area contributed by atoms with E-state index >= 15 is 0 Å². The lowest BCUT2D eigenvalue weighted by Gasteiger charge is -2.17. The fourth-order valence-corrected chi connectivity index (χ4v) is 1.77.